The van der Waals surface area contributed by atoms with Crippen molar-refractivity contribution in [3.63, 3.8) is 0 Å². The van der Waals surface area contributed by atoms with Crippen LogP contribution in [0.2, 0.25) is 0 Å². The van der Waals surface area contributed by atoms with Crippen molar-refractivity contribution >= 4 is 0 Å². The Balaban J connectivity index is 0. The zero-order valence-electron chi connectivity index (χ0n) is 37.3. The molecule has 306 valence electrons. The lowest BCUT2D eigenvalue weighted by molar-refractivity contribution is 0.00747. The summed E-state index contributed by atoms with van der Waals surface area (Å²) in [4.78, 5) is 0. The second-order valence-electron chi connectivity index (χ2n) is 15.9. The third-order valence-electron chi connectivity index (χ3n) is 10.3. The summed E-state index contributed by atoms with van der Waals surface area (Å²) in [5.74, 6) is 0.890. The Morgan fingerprint density at radius 3 is 1.98 bits per heavy atom. The maximum Gasteiger partial charge on any atom is 0.271 e. The first-order valence-electron chi connectivity index (χ1n) is 20.5. The Morgan fingerprint density at radius 1 is 0.849 bits per heavy atom. The Morgan fingerprint density at radius 2 is 1.47 bits per heavy atom. The van der Waals surface area contributed by atoms with Crippen LogP contribution in [0.3, 0.4) is 0 Å². The van der Waals surface area contributed by atoms with Crippen LogP contribution >= 0.6 is 0 Å². The molecule has 0 saturated heterocycles. The first kappa shape index (κ1) is 52.3. The molecule has 0 bridgehead atoms. The molecule has 5 nitrogen and oxygen atoms in total. The summed E-state index contributed by atoms with van der Waals surface area (Å²) in [6.45, 7) is 36.2. The van der Waals surface area contributed by atoms with Gasteiger partial charge in [0.05, 0.1) is 18.3 Å². The van der Waals surface area contributed by atoms with Gasteiger partial charge in [0, 0.05) is 19.8 Å². The number of ether oxygens (including phenoxy) is 3. The number of hydrogen-bond donors (Lipinski definition) is 2. The molecule has 0 unspecified atom stereocenters. The standard InChI is InChI=1S/C39H60O3.C6H14O.C2H6.CH4O/c1-11-14-15-16-18-32-26-34(37(40)36(28-32)39(9,10)13-3)22-20-33-25-31(19-17-24-41-30(6)42-29(4)5)21-23-35(27-33)38(7,8)12-2;1-5-6(2,3)7-4;2*1-2/h11,23,25-29,40H,1,6,12-22,24H2,2-5,7-10H3;5H2,1-4H3;1-2H3;2H,1H3. The molecule has 1 aliphatic rings. The SMILES string of the molecule is C=CCCCCc1cc(CCC2=CC(C(C)(C)CC)=CCC(CCCOC(=C)OC(C)C)=C2)c(O)c(C(C)(C)CC)c1.CC.CCC(C)(C)OC.CO. The molecule has 0 amide bonds. The molecule has 1 aliphatic carbocycles. The van der Waals surface area contributed by atoms with Crippen LogP contribution < -0.4 is 0 Å². The second-order valence-corrected chi connectivity index (χ2v) is 15.9. The molecule has 0 radical (unpaired) electrons. The van der Waals surface area contributed by atoms with Gasteiger partial charge in [0.25, 0.3) is 5.95 Å². The average molecular weight is 741 g/mol. The van der Waals surface area contributed by atoms with Crippen LogP contribution in [-0.2, 0) is 32.5 Å². The molecule has 0 aliphatic heterocycles. The fourth-order valence-electron chi connectivity index (χ4n) is 5.48. The fraction of sp³-hybridized carbons (Fsp3) is 0.667. The van der Waals surface area contributed by atoms with E-state index in [0.717, 1.165) is 95.3 Å². The van der Waals surface area contributed by atoms with Crippen LogP contribution in [0.25, 0.3) is 0 Å². The van der Waals surface area contributed by atoms with E-state index in [-0.39, 0.29) is 22.5 Å². The average Bonchev–Trinajstić information content (AvgIpc) is 3.36. The van der Waals surface area contributed by atoms with Gasteiger partial charge in [-0.3, -0.25) is 0 Å². The van der Waals surface area contributed by atoms with Crippen molar-refractivity contribution in [2.45, 2.75) is 184 Å². The monoisotopic (exact) mass is 741 g/mol. The molecular weight excluding hydrogens is 657 g/mol. The number of phenolic OH excluding ortho intramolecular Hbond substituents is 1. The van der Waals surface area contributed by atoms with Gasteiger partial charge in [-0.05, 0) is 144 Å². The minimum absolute atomic E-state index is 0.0702. The number of aliphatic hydroxyl groups excluding tert-OH is 1. The normalized spacial score (nSPS) is 13.0. The fourth-order valence-corrected chi connectivity index (χ4v) is 5.48. The van der Waals surface area contributed by atoms with Gasteiger partial charge < -0.3 is 24.4 Å². The lowest BCUT2D eigenvalue weighted by Gasteiger charge is -2.27. The van der Waals surface area contributed by atoms with Crippen molar-refractivity contribution in [1.82, 2.24) is 0 Å². The van der Waals surface area contributed by atoms with E-state index >= 15 is 0 Å². The largest absolute Gasteiger partial charge is 0.507 e. The lowest BCUT2D eigenvalue weighted by Crippen LogP contribution is -2.20. The predicted octanol–water partition coefficient (Wildman–Crippen LogP) is 13.7. The Hall–Kier alpha value is -2.76. The number of phenols is 1. The van der Waals surface area contributed by atoms with Gasteiger partial charge in [0.15, 0.2) is 0 Å². The number of aliphatic hydroxyl groups is 1. The van der Waals surface area contributed by atoms with Crippen molar-refractivity contribution in [3.05, 3.63) is 88.9 Å². The molecule has 1 aromatic carbocycles. The van der Waals surface area contributed by atoms with Crippen molar-refractivity contribution in [1.29, 1.82) is 0 Å². The number of methoxy groups -OCH3 is 1. The zero-order chi connectivity index (χ0) is 41.3. The van der Waals surface area contributed by atoms with E-state index in [4.69, 9.17) is 19.3 Å². The van der Waals surface area contributed by atoms with Gasteiger partial charge >= 0.3 is 0 Å². The molecule has 0 heterocycles. The highest BCUT2D eigenvalue weighted by Crippen LogP contribution is 2.39. The number of aromatic hydroxyl groups is 1. The summed E-state index contributed by atoms with van der Waals surface area (Å²) >= 11 is 0. The summed E-state index contributed by atoms with van der Waals surface area (Å²) in [5, 5.41) is 18.5. The van der Waals surface area contributed by atoms with E-state index in [1.807, 2.05) is 33.8 Å². The van der Waals surface area contributed by atoms with Gasteiger partial charge in [-0.25, -0.2) is 0 Å². The first-order valence-corrected chi connectivity index (χ1v) is 20.5. The molecular formula is C48H84O5. The van der Waals surface area contributed by atoms with Crippen LogP contribution in [0.15, 0.2) is 72.3 Å². The van der Waals surface area contributed by atoms with Gasteiger partial charge in [0.1, 0.15) is 5.75 Å². The molecule has 0 aromatic heterocycles. The van der Waals surface area contributed by atoms with E-state index in [2.05, 4.69) is 106 Å². The number of hydrogen-bond acceptors (Lipinski definition) is 5. The molecule has 53 heavy (non-hydrogen) atoms. The van der Waals surface area contributed by atoms with Crippen LogP contribution in [0.5, 0.6) is 5.75 Å². The summed E-state index contributed by atoms with van der Waals surface area (Å²) in [6, 6.07) is 4.52. The van der Waals surface area contributed by atoms with Gasteiger partial charge in [0.2, 0.25) is 0 Å². The predicted molar refractivity (Wildman–Crippen MR) is 232 cm³/mol. The highest BCUT2D eigenvalue weighted by molar-refractivity contribution is 5.48. The molecule has 0 spiro atoms. The third kappa shape index (κ3) is 21.1. The number of benzene rings is 1. The number of allylic oxidation sites excluding steroid dienone is 7. The minimum atomic E-state index is -0.0702. The van der Waals surface area contributed by atoms with Crippen molar-refractivity contribution in [2.24, 2.45) is 5.41 Å². The zero-order valence-corrected chi connectivity index (χ0v) is 37.3. The molecule has 0 saturated carbocycles. The van der Waals surface area contributed by atoms with E-state index in [9.17, 15) is 5.11 Å². The summed E-state index contributed by atoms with van der Waals surface area (Å²) < 4.78 is 16.3. The minimum Gasteiger partial charge on any atom is -0.507 e. The topological polar surface area (TPSA) is 68.2 Å². The molecule has 0 atom stereocenters. The number of rotatable bonds is 21. The quantitative estimate of drug-likeness (QED) is 0.0746. The van der Waals surface area contributed by atoms with E-state index < -0.39 is 0 Å². The van der Waals surface area contributed by atoms with Crippen LogP contribution in [0.4, 0.5) is 0 Å². The van der Waals surface area contributed by atoms with Gasteiger partial charge in [-0.2, -0.15) is 0 Å². The van der Waals surface area contributed by atoms with Crippen molar-refractivity contribution in [3.8, 4) is 5.75 Å². The van der Waals surface area contributed by atoms with Crippen molar-refractivity contribution in [2.75, 3.05) is 20.8 Å². The molecule has 0 fully saturated rings. The van der Waals surface area contributed by atoms with E-state index in [1.165, 1.54) is 22.3 Å². The van der Waals surface area contributed by atoms with Crippen LogP contribution in [-0.4, -0.2) is 42.7 Å². The summed E-state index contributed by atoms with van der Waals surface area (Å²) in [6.07, 6.45) is 21.4. The van der Waals surface area contributed by atoms with Gasteiger partial charge in [-0.1, -0.05) is 104 Å². The lowest BCUT2D eigenvalue weighted by atomic mass is 9.79. The Kier molecular flexibility index (Phi) is 27.4. The highest BCUT2D eigenvalue weighted by atomic mass is 16.7. The molecule has 2 rings (SSSR count). The maximum absolute atomic E-state index is 11.5. The van der Waals surface area contributed by atoms with E-state index in [0.29, 0.717) is 18.3 Å². The molecule has 1 aromatic rings. The summed E-state index contributed by atoms with van der Waals surface area (Å²) in [5.41, 5.74) is 7.81. The smallest absolute Gasteiger partial charge is 0.271 e. The maximum atomic E-state index is 11.5. The van der Waals surface area contributed by atoms with Crippen molar-refractivity contribution < 1.29 is 24.4 Å². The Bertz CT molecular complexity index is 1250. The van der Waals surface area contributed by atoms with Crippen LogP contribution in [0, 0.1) is 5.41 Å². The Labute approximate surface area is 328 Å². The highest BCUT2D eigenvalue weighted by Gasteiger charge is 2.25. The molecule has 2 N–H and O–H groups in total. The van der Waals surface area contributed by atoms with Gasteiger partial charge in [-0.15, -0.1) is 6.58 Å². The third-order valence-corrected chi connectivity index (χ3v) is 10.3. The van der Waals surface area contributed by atoms with Crippen LogP contribution in [0.1, 0.15) is 171 Å². The van der Waals surface area contributed by atoms with E-state index in [1.54, 1.807) is 7.11 Å². The first-order chi connectivity index (χ1) is 24.9. The number of aryl methyl sites for hydroxylation is 2. The summed E-state index contributed by atoms with van der Waals surface area (Å²) in [7, 11) is 2.74. The number of unbranched alkanes of at least 4 members (excludes halogenated alkanes) is 2. The molecule has 5 heteroatoms. The second kappa shape index (κ2) is 27.8.